The van der Waals surface area contributed by atoms with Gasteiger partial charge >= 0.3 is 12.0 Å². The summed E-state index contributed by atoms with van der Waals surface area (Å²) in [5, 5.41) is 11.9. The minimum Gasteiger partial charge on any atom is -0.481 e. The van der Waals surface area contributed by atoms with Gasteiger partial charge in [0.1, 0.15) is 0 Å². The topological polar surface area (TPSA) is 91.8 Å². The molecule has 0 aromatic carbocycles. The summed E-state index contributed by atoms with van der Waals surface area (Å²) in [6, 6.07) is 3.42. The zero-order valence-electron chi connectivity index (χ0n) is 14.0. The molecule has 1 aliphatic heterocycles. The number of hydrogen-bond donors (Lipinski definition) is 2. The number of ether oxygens (including phenoxy) is 1. The van der Waals surface area contributed by atoms with Crippen LogP contribution in [0.1, 0.15) is 38.2 Å². The Labute approximate surface area is 142 Å². The fourth-order valence-corrected chi connectivity index (χ4v) is 2.65. The lowest BCUT2D eigenvalue weighted by Gasteiger charge is -2.30. The molecule has 0 saturated carbocycles. The second kappa shape index (κ2) is 9.10. The molecule has 0 spiro atoms. The van der Waals surface area contributed by atoms with Crippen molar-refractivity contribution in [2.75, 3.05) is 19.7 Å². The molecule has 0 radical (unpaired) electrons. The number of likely N-dealkylation sites (tertiary alicyclic amines) is 1. The first-order valence-electron chi connectivity index (χ1n) is 8.44. The predicted octanol–water partition coefficient (Wildman–Crippen LogP) is 2.27. The van der Waals surface area contributed by atoms with Crippen molar-refractivity contribution in [1.29, 1.82) is 0 Å². The molecule has 1 aliphatic rings. The van der Waals surface area contributed by atoms with Crippen LogP contribution in [-0.4, -0.2) is 46.7 Å². The Bertz CT molecular complexity index is 565. The summed E-state index contributed by atoms with van der Waals surface area (Å²) in [4.78, 5) is 29.1. The molecule has 1 fully saturated rings. The first kappa shape index (κ1) is 18.0. The van der Waals surface area contributed by atoms with E-state index in [-0.39, 0.29) is 12.6 Å². The Kier molecular flexibility index (Phi) is 6.84. The molecule has 24 heavy (non-hydrogen) atoms. The second-order valence-electron chi connectivity index (χ2n) is 5.95. The third kappa shape index (κ3) is 5.11. The highest BCUT2D eigenvalue weighted by Gasteiger charge is 2.28. The van der Waals surface area contributed by atoms with Gasteiger partial charge in [0.05, 0.1) is 12.5 Å². The van der Waals surface area contributed by atoms with E-state index in [0.29, 0.717) is 38.4 Å². The Morgan fingerprint density at radius 2 is 2.33 bits per heavy atom. The van der Waals surface area contributed by atoms with Crippen LogP contribution in [0.4, 0.5) is 4.79 Å². The monoisotopic (exact) mass is 335 g/mol. The van der Waals surface area contributed by atoms with Crippen molar-refractivity contribution in [1.82, 2.24) is 15.2 Å². The summed E-state index contributed by atoms with van der Waals surface area (Å²) in [7, 11) is 0. The summed E-state index contributed by atoms with van der Waals surface area (Å²) >= 11 is 0. The smallest absolute Gasteiger partial charge is 0.317 e. The van der Waals surface area contributed by atoms with Crippen LogP contribution >= 0.6 is 0 Å². The van der Waals surface area contributed by atoms with Gasteiger partial charge < -0.3 is 20.1 Å². The van der Waals surface area contributed by atoms with Gasteiger partial charge in [-0.05, 0) is 25.3 Å². The van der Waals surface area contributed by atoms with E-state index in [9.17, 15) is 9.59 Å². The lowest BCUT2D eigenvalue weighted by molar-refractivity contribution is -0.143. The van der Waals surface area contributed by atoms with E-state index in [1.54, 1.807) is 17.2 Å². The van der Waals surface area contributed by atoms with Gasteiger partial charge in [0.15, 0.2) is 0 Å². The van der Waals surface area contributed by atoms with E-state index >= 15 is 0 Å². The number of nitrogens with one attached hydrogen (secondary N) is 1. The molecule has 2 heterocycles. The average Bonchev–Trinajstić information content (AvgIpc) is 2.61. The summed E-state index contributed by atoms with van der Waals surface area (Å²) in [6.45, 7) is 3.84. The van der Waals surface area contributed by atoms with Gasteiger partial charge in [-0.1, -0.05) is 19.4 Å². The van der Waals surface area contributed by atoms with Crippen molar-refractivity contribution in [2.24, 2.45) is 5.92 Å². The normalized spacial score (nSPS) is 17.4. The number of unbranched alkanes of at least 4 members (excludes halogenated alkanes) is 1. The second-order valence-corrected chi connectivity index (χ2v) is 5.95. The molecule has 7 heteroatoms. The number of amides is 2. The number of carbonyl (C=O) groups is 2. The van der Waals surface area contributed by atoms with Gasteiger partial charge in [0, 0.05) is 31.4 Å². The molecule has 1 aromatic rings. The van der Waals surface area contributed by atoms with Gasteiger partial charge in [0.2, 0.25) is 5.88 Å². The van der Waals surface area contributed by atoms with E-state index in [0.717, 1.165) is 18.4 Å². The molecule has 1 unspecified atom stereocenters. The number of urea groups is 1. The maximum absolute atomic E-state index is 12.3. The standard InChI is InChI=1S/C17H25N3O4/c1-2-3-10-24-15-13(6-4-8-18-15)11-19-17(23)20-9-5-7-14(12-20)16(21)22/h4,6,8,14H,2-3,5,7,9-12H2,1H3,(H,19,23)(H,21,22). The number of rotatable bonds is 7. The van der Waals surface area contributed by atoms with Crippen LogP contribution in [0.3, 0.4) is 0 Å². The van der Waals surface area contributed by atoms with Crippen LogP contribution in [-0.2, 0) is 11.3 Å². The quantitative estimate of drug-likeness (QED) is 0.746. The molecular weight excluding hydrogens is 310 g/mol. The molecule has 2 N–H and O–H groups in total. The van der Waals surface area contributed by atoms with Crippen LogP contribution in [0.25, 0.3) is 0 Å². The molecule has 7 nitrogen and oxygen atoms in total. The van der Waals surface area contributed by atoms with Crippen LogP contribution in [0.5, 0.6) is 5.88 Å². The largest absolute Gasteiger partial charge is 0.481 e. The highest BCUT2D eigenvalue weighted by Crippen LogP contribution is 2.18. The highest BCUT2D eigenvalue weighted by atomic mass is 16.5. The van der Waals surface area contributed by atoms with Crippen molar-refractivity contribution in [3.8, 4) is 5.88 Å². The highest BCUT2D eigenvalue weighted by molar-refractivity contribution is 5.76. The predicted molar refractivity (Wildman–Crippen MR) is 88.8 cm³/mol. The van der Waals surface area contributed by atoms with E-state index in [1.807, 2.05) is 6.07 Å². The van der Waals surface area contributed by atoms with Crippen molar-refractivity contribution >= 4 is 12.0 Å². The lowest BCUT2D eigenvalue weighted by Crippen LogP contribution is -2.46. The van der Waals surface area contributed by atoms with E-state index < -0.39 is 11.9 Å². The summed E-state index contributed by atoms with van der Waals surface area (Å²) in [5.41, 5.74) is 0.814. The van der Waals surface area contributed by atoms with Gasteiger partial charge in [-0.2, -0.15) is 0 Å². The molecule has 2 rings (SSSR count). The molecule has 1 atom stereocenters. The zero-order valence-corrected chi connectivity index (χ0v) is 14.0. The van der Waals surface area contributed by atoms with Crippen molar-refractivity contribution in [3.05, 3.63) is 23.9 Å². The number of carboxylic acids is 1. The van der Waals surface area contributed by atoms with Crippen molar-refractivity contribution in [3.63, 3.8) is 0 Å². The molecule has 1 aromatic heterocycles. The number of piperidine rings is 1. The lowest BCUT2D eigenvalue weighted by atomic mass is 9.99. The molecular formula is C17H25N3O4. The molecule has 2 amide bonds. The van der Waals surface area contributed by atoms with Gasteiger partial charge in [-0.3, -0.25) is 4.79 Å². The first-order chi connectivity index (χ1) is 11.6. The third-order valence-corrected chi connectivity index (χ3v) is 4.07. The fourth-order valence-electron chi connectivity index (χ4n) is 2.65. The summed E-state index contributed by atoms with van der Waals surface area (Å²) in [5.74, 6) is -0.782. The summed E-state index contributed by atoms with van der Waals surface area (Å²) in [6.07, 6.45) is 4.99. The number of carboxylic acid groups (broad SMARTS) is 1. The number of pyridine rings is 1. The Hall–Kier alpha value is -2.31. The van der Waals surface area contributed by atoms with Crippen molar-refractivity contribution in [2.45, 2.75) is 39.2 Å². The number of aliphatic carboxylic acids is 1. The van der Waals surface area contributed by atoms with Gasteiger partial charge in [0.25, 0.3) is 0 Å². The first-order valence-corrected chi connectivity index (χ1v) is 8.44. The maximum Gasteiger partial charge on any atom is 0.317 e. The maximum atomic E-state index is 12.3. The Morgan fingerprint density at radius 3 is 3.08 bits per heavy atom. The zero-order chi connectivity index (χ0) is 17.4. The number of aromatic nitrogens is 1. The number of nitrogens with zero attached hydrogens (tertiary/aromatic N) is 2. The molecule has 0 aliphatic carbocycles. The van der Waals surface area contributed by atoms with Crippen LogP contribution < -0.4 is 10.1 Å². The fraction of sp³-hybridized carbons (Fsp3) is 0.588. The SMILES string of the molecule is CCCCOc1ncccc1CNC(=O)N1CCCC(C(=O)O)C1. The van der Waals surface area contributed by atoms with Gasteiger partial charge in [-0.15, -0.1) is 0 Å². The van der Waals surface area contributed by atoms with Crippen molar-refractivity contribution < 1.29 is 19.4 Å². The van der Waals surface area contributed by atoms with E-state index in [1.165, 1.54) is 0 Å². The van der Waals surface area contributed by atoms with E-state index in [4.69, 9.17) is 9.84 Å². The van der Waals surface area contributed by atoms with Crippen LogP contribution in [0.15, 0.2) is 18.3 Å². The Morgan fingerprint density at radius 1 is 1.50 bits per heavy atom. The number of hydrogen-bond acceptors (Lipinski definition) is 4. The minimum absolute atomic E-state index is 0.246. The molecule has 132 valence electrons. The molecule has 1 saturated heterocycles. The van der Waals surface area contributed by atoms with Crippen LogP contribution in [0.2, 0.25) is 0 Å². The third-order valence-electron chi connectivity index (χ3n) is 4.07. The van der Waals surface area contributed by atoms with E-state index in [2.05, 4.69) is 17.2 Å². The average molecular weight is 335 g/mol. The van der Waals surface area contributed by atoms with Crippen LogP contribution in [0, 0.1) is 5.92 Å². The molecule has 0 bridgehead atoms. The minimum atomic E-state index is -0.841. The number of carbonyl (C=O) groups excluding carboxylic acids is 1. The Balaban J connectivity index is 1.88. The summed E-state index contributed by atoms with van der Waals surface area (Å²) < 4.78 is 5.65. The van der Waals surface area contributed by atoms with Gasteiger partial charge in [-0.25, -0.2) is 9.78 Å².